The van der Waals surface area contributed by atoms with Gasteiger partial charge in [-0.3, -0.25) is 0 Å². The molecule has 2 aromatic heterocycles. The van der Waals surface area contributed by atoms with Gasteiger partial charge in [-0.1, -0.05) is 172 Å². The summed E-state index contributed by atoms with van der Waals surface area (Å²) in [7, 11) is 0. The maximum atomic E-state index is 2.48. The Morgan fingerprint density at radius 1 is 0.306 bits per heavy atom. The highest BCUT2D eigenvalue weighted by Gasteiger charge is 2.25. The Labute approximate surface area is 427 Å². The number of hydrogen-bond donors (Lipinski definition) is 0. The molecule has 0 amide bonds. The van der Waals surface area contributed by atoms with Crippen LogP contribution >= 0.6 is 22.7 Å². The van der Waals surface area contributed by atoms with E-state index in [4.69, 9.17) is 0 Å². The van der Waals surface area contributed by atoms with Crippen molar-refractivity contribution >= 4 is 129 Å². The van der Waals surface area contributed by atoms with Crippen LogP contribution in [0, 0.1) is 0 Å². The molecule has 342 valence electrons. The maximum Gasteiger partial charge on any atom is 0.0543 e. The zero-order chi connectivity index (χ0) is 47.9. The summed E-state index contributed by atoms with van der Waals surface area (Å²) < 4.78 is 5.32. The number of anilines is 6. The molecular formula is C68H48N2S2. The van der Waals surface area contributed by atoms with Gasteiger partial charge in [0.1, 0.15) is 0 Å². The predicted molar refractivity (Wildman–Crippen MR) is 315 cm³/mol. The molecule has 0 aliphatic carbocycles. The summed E-state index contributed by atoms with van der Waals surface area (Å²) in [5, 5.41) is 13.1. The molecule has 0 aliphatic heterocycles. The molecule has 0 unspecified atom stereocenters. The van der Waals surface area contributed by atoms with Gasteiger partial charge >= 0.3 is 0 Å². The van der Waals surface area contributed by atoms with Crippen LogP contribution in [0.4, 0.5) is 34.1 Å². The van der Waals surface area contributed by atoms with Gasteiger partial charge in [0.15, 0.2) is 0 Å². The fraction of sp³-hybridized carbons (Fsp3) is 0.0588. The van der Waals surface area contributed by atoms with Crippen LogP contribution in [0.3, 0.4) is 0 Å². The lowest BCUT2D eigenvalue weighted by Crippen LogP contribution is -2.12. The van der Waals surface area contributed by atoms with Crippen molar-refractivity contribution < 1.29 is 0 Å². The molecule has 2 heterocycles. The Balaban J connectivity index is 0.945. The number of hydrogen-bond acceptors (Lipinski definition) is 4. The fourth-order valence-electron chi connectivity index (χ4n) is 11.6. The minimum absolute atomic E-state index is 0.910. The van der Waals surface area contributed by atoms with E-state index in [-0.39, 0.29) is 0 Å². The lowest BCUT2D eigenvalue weighted by atomic mass is 9.86. The second-order valence-corrected chi connectivity index (χ2v) is 21.0. The number of aryl methyl sites for hydroxylation is 2. The fourth-order valence-corrected chi connectivity index (χ4v) is 14.1. The van der Waals surface area contributed by atoms with Crippen LogP contribution in [-0.2, 0) is 12.8 Å². The standard InChI is InChI=1S/C68H48N2S2/c1-3-43-41-61(69(47-17-7-5-8-18-47)49-33-29-45(30-34-49)53-23-15-25-57-55-21-11-13-27-63(55)71-67(53)57)59-40-38-52-44(4-2)42-62(60-39-37-51(43)65(59)66(52)60)70(48-19-9-6-10-20-48)50-35-31-46(32-36-50)54-24-16-26-58-56-22-12-14-28-64(56)72-68(54)58/h5-42H,3-4H2,1-2H3. The molecule has 12 aromatic carbocycles. The summed E-state index contributed by atoms with van der Waals surface area (Å²) in [6.45, 7) is 4.61. The number of thiophene rings is 2. The molecule has 14 rings (SSSR count). The van der Waals surface area contributed by atoms with Gasteiger partial charge in [0, 0.05) is 73.9 Å². The molecule has 0 N–H and O–H groups in total. The van der Waals surface area contributed by atoms with Crippen LogP contribution < -0.4 is 9.80 Å². The van der Waals surface area contributed by atoms with E-state index < -0.39 is 0 Å². The highest BCUT2D eigenvalue weighted by atomic mass is 32.1. The molecule has 0 fully saturated rings. The first-order chi connectivity index (χ1) is 35.6. The van der Waals surface area contributed by atoms with E-state index in [0.29, 0.717) is 0 Å². The van der Waals surface area contributed by atoms with E-state index in [0.717, 1.165) is 35.6 Å². The van der Waals surface area contributed by atoms with Gasteiger partial charge in [-0.15, -0.1) is 22.7 Å². The summed E-state index contributed by atoms with van der Waals surface area (Å²) in [5.74, 6) is 0. The van der Waals surface area contributed by atoms with Crippen molar-refractivity contribution in [2.24, 2.45) is 0 Å². The van der Waals surface area contributed by atoms with Crippen LogP contribution in [0.1, 0.15) is 25.0 Å². The van der Waals surface area contributed by atoms with Crippen LogP contribution in [0.25, 0.3) is 94.9 Å². The van der Waals surface area contributed by atoms with Crippen LogP contribution in [0.15, 0.2) is 231 Å². The number of rotatable bonds is 10. The van der Waals surface area contributed by atoms with E-state index >= 15 is 0 Å². The van der Waals surface area contributed by atoms with Gasteiger partial charge in [0.2, 0.25) is 0 Å². The van der Waals surface area contributed by atoms with Crippen LogP contribution in [-0.4, -0.2) is 0 Å². The lowest BCUT2D eigenvalue weighted by molar-refractivity contribution is 1.15. The molecule has 0 saturated heterocycles. The quantitative estimate of drug-likeness (QED) is 0.126. The van der Waals surface area contributed by atoms with Crippen molar-refractivity contribution in [2.45, 2.75) is 26.7 Å². The minimum Gasteiger partial charge on any atom is -0.310 e. The van der Waals surface area contributed by atoms with Crippen LogP contribution in [0.2, 0.25) is 0 Å². The monoisotopic (exact) mass is 956 g/mol. The Kier molecular flexibility index (Phi) is 10.2. The van der Waals surface area contributed by atoms with Crippen molar-refractivity contribution in [3.05, 3.63) is 242 Å². The first-order valence-corrected chi connectivity index (χ1v) is 26.7. The van der Waals surface area contributed by atoms with E-state index in [1.165, 1.54) is 117 Å². The SMILES string of the molecule is CCc1cc(N(c2ccccc2)c2ccc(-c3cccc4c3sc3ccccc34)cc2)c2ccc3c(CC)cc(N(c4ccccc4)c4ccc(-c5cccc6c5sc5ccccc56)cc4)c4ccc1c2c34. The Hall–Kier alpha value is -8.28. The van der Waals surface area contributed by atoms with E-state index in [1.807, 2.05) is 22.7 Å². The largest absolute Gasteiger partial charge is 0.310 e. The Morgan fingerprint density at radius 2 is 0.667 bits per heavy atom. The van der Waals surface area contributed by atoms with Crippen molar-refractivity contribution in [2.75, 3.05) is 9.80 Å². The molecule has 72 heavy (non-hydrogen) atoms. The van der Waals surface area contributed by atoms with Gasteiger partial charge in [0.25, 0.3) is 0 Å². The van der Waals surface area contributed by atoms with Crippen molar-refractivity contribution in [1.82, 2.24) is 0 Å². The van der Waals surface area contributed by atoms with Crippen molar-refractivity contribution in [3.8, 4) is 22.3 Å². The highest BCUT2D eigenvalue weighted by Crippen LogP contribution is 2.51. The van der Waals surface area contributed by atoms with Gasteiger partial charge < -0.3 is 9.80 Å². The summed E-state index contributed by atoms with van der Waals surface area (Å²) in [4.78, 5) is 4.96. The number of fused-ring (bicyclic) bond motifs is 6. The van der Waals surface area contributed by atoms with Crippen molar-refractivity contribution in [1.29, 1.82) is 0 Å². The molecule has 0 bridgehead atoms. The molecule has 4 heteroatoms. The Bertz CT molecular complexity index is 4060. The molecule has 14 aromatic rings. The van der Waals surface area contributed by atoms with Crippen LogP contribution in [0.5, 0.6) is 0 Å². The van der Waals surface area contributed by atoms with Gasteiger partial charge in [-0.05, 0) is 141 Å². The molecule has 0 saturated carbocycles. The molecule has 0 radical (unpaired) electrons. The first-order valence-electron chi connectivity index (χ1n) is 25.1. The molecule has 0 atom stereocenters. The molecule has 0 spiro atoms. The summed E-state index contributed by atoms with van der Waals surface area (Å²) >= 11 is 3.77. The zero-order valence-corrected chi connectivity index (χ0v) is 41.7. The third kappa shape index (κ3) is 6.74. The molecule has 2 nitrogen and oxygen atoms in total. The Morgan fingerprint density at radius 3 is 1.08 bits per heavy atom. The number of nitrogens with zero attached hydrogens (tertiary/aromatic N) is 2. The minimum atomic E-state index is 0.910. The topological polar surface area (TPSA) is 6.48 Å². The third-order valence-electron chi connectivity index (χ3n) is 15.0. The van der Waals surface area contributed by atoms with E-state index in [2.05, 4.69) is 254 Å². The molecular weight excluding hydrogens is 909 g/mol. The van der Waals surface area contributed by atoms with E-state index in [9.17, 15) is 0 Å². The highest BCUT2D eigenvalue weighted by molar-refractivity contribution is 7.26. The average Bonchev–Trinajstić information content (AvgIpc) is 4.03. The van der Waals surface area contributed by atoms with Gasteiger partial charge in [0.05, 0.1) is 11.4 Å². The average molecular weight is 957 g/mol. The summed E-state index contributed by atoms with van der Waals surface area (Å²) in [6, 6.07) is 85.9. The third-order valence-corrected chi connectivity index (χ3v) is 17.4. The molecule has 0 aliphatic rings. The predicted octanol–water partition coefficient (Wildman–Crippen LogP) is 20.7. The summed E-state index contributed by atoms with van der Waals surface area (Å²) in [5.41, 5.74) is 14.6. The first kappa shape index (κ1) is 42.6. The smallest absolute Gasteiger partial charge is 0.0543 e. The number of benzene rings is 12. The zero-order valence-electron chi connectivity index (χ0n) is 40.1. The van der Waals surface area contributed by atoms with Gasteiger partial charge in [-0.25, -0.2) is 0 Å². The lowest BCUT2D eigenvalue weighted by Gasteiger charge is -2.31. The number of para-hydroxylation sites is 2. The second-order valence-electron chi connectivity index (χ2n) is 18.9. The second kappa shape index (κ2) is 17.2. The van der Waals surface area contributed by atoms with Crippen molar-refractivity contribution in [3.63, 3.8) is 0 Å². The normalized spacial score (nSPS) is 11.9. The maximum absolute atomic E-state index is 2.48. The van der Waals surface area contributed by atoms with E-state index in [1.54, 1.807) is 0 Å². The van der Waals surface area contributed by atoms with Gasteiger partial charge in [-0.2, -0.15) is 0 Å². The summed E-state index contributed by atoms with van der Waals surface area (Å²) in [6.07, 6.45) is 1.82.